The zero-order valence-corrected chi connectivity index (χ0v) is 15.3. The van der Waals surface area contributed by atoms with E-state index in [-0.39, 0.29) is 0 Å². The molecule has 0 amide bonds. The molecular formula is C20H18ClN5O. The topological polar surface area (TPSA) is 78.3 Å². The molecule has 2 aromatic heterocycles. The highest BCUT2D eigenvalue weighted by atomic mass is 35.5. The Labute approximate surface area is 161 Å². The largest absolute Gasteiger partial charge is 0.477 e. The van der Waals surface area contributed by atoms with Crippen LogP contribution in [0.3, 0.4) is 0 Å². The Morgan fingerprint density at radius 1 is 1.00 bits per heavy atom. The number of nitrogens with two attached hydrogens (primary N) is 1. The van der Waals surface area contributed by atoms with Crippen molar-refractivity contribution < 1.29 is 4.74 Å². The second-order valence-corrected chi connectivity index (χ2v) is 6.53. The molecule has 0 spiro atoms. The van der Waals surface area contributed by atoms with Crippen LogP contribution in [-0.4, -0.2) is 26.2 Å². The van der Waals surface area contributed by atoms with E-state index in [4.69, 9.17) is 22.1 Å². The molecule has 0 bridgehead atoms. The van der Waals surface area contributed by atoms with Crippen molar-refractivity contribution in [1.82, 2.24) is 19.6 Å². The predicted octanol–water partition coefficient (Wildman–Crippen LogP) is 3.52. The maximum Gasteiger partial charge on any atom is 0.220 e. The molecule has 0 aliphatic rings. The number of ether oxygens (including phenoxy) is 1. The van der Waals surface area contributed by atoms with Crippen LogP contribution in [0.4, 0.5) is 0 Å². The van der Waals surface area contributed by atoms with Crippen molar-refractivity contribution in [2.45, 2.75) is 13.0 Å². The van der Waals surface area contributed by atoms with E-state index in [9.17, 15) is 0 Å². The summed E-state index contributed by atoms with van der Waals surface area (Å²) in [5.74, 6) is 1.28. The number of nitrogens with zero attached hydrogens (tertiary/aromatic N) is 4. The molecule has 7 heteroatoms. The fraction of sp³-hybridized carbons (Fsp3) is 0.150. The molecule has 0 aliphatic carbocycles. The molecule has 0 atom stereocenters. The molecule has 0 saturated heterocycles. The minimum Gasteiger partial charge on any atom is -0.477 e. The second-order valence-electron chi connectivity index (χ2n) is 6.09. The van der Waals surface area contributed by atoms with E-state index < -0.39 is 0 Å². The summed E-state index contributed by atoms with van der Waals surface area (Å²) < 4.78 is 7.86. The van der Waals surface area contributed by atoms with Crippen LogP contribution >= 0.6 is 11.6 Å². The summed E-state index contributed by atoms with van der Waals surface area (Å²) in [6, 6.07) is 15.7. The Hall–Kier alpha value is -2.96. The van der Waals surface area contributed by atoms with Crippen molar-refractivity contribution in [1.29, 1.82) is 0 Å². The van der Waals surface area contributed by atoms with Crippen LogP contribution in [0.25, 0.3) is 17.0 Å². The highest BCUT2D eigenvalue weighted by Gasteiger charge is 2.13. The third kappa shape index (κ3) is 3.77. The first kappa shape index (κ1) is 17.5. The summed E-state index contributed by atoms with van der Waals surface area (Å²) in [7, 11) is 0. The van der Waals surface area contributed by atoms with Crippen LogP contribution in [0, 0.1) is 0 Å². The minimum absolute atomic E-state index is 0.507. The molecule has 4 aromatic rings. The fourth-order valence-electron chi connectivity index (χ4n) is 2.90. The predicted molar refractivity (Wildman–Crippen MR) is 105 cm³/mol. The van der Waals surface area contributed by atoms with Gasteiger partial charge in [-0.05, 0) is 35.4 Å². The number of rotatable bonds is 6. The van der Waals surface area contributed by atoms with Crippen molar-refractivity contribution in [3.63, 3.8) is 0 Å². The standard InChI is InChI=1S/C20H18ClN5O/c21-17-6-4-16(5-7-17)20-25-24-18-12-23-13-19(26(18)20)27-9-8-14-2-1-3-15(10-14)11-22/h1-7,10,12-13H,8-9,11,22H2. The van der Waals surface area contributed by atoms with Crippen LogP contribution in [0.2, 0.25) is 5.02 Å². The lowest BCUT2D eigenvalue weighted by Crippen LogP contribution is -2.06. The Balaban J connectivity index is 1.58. The highest BCUT2D eigenvalue weighted by molar-refractivity contribution is 6.30. The van der Waals surface area contributed by atoms with Gasteiger partial charge in [0.25, 0.3) is 0 Å². The molecule has 4 rings (SSSR count). The minimum atomic E-state index is 0.507. The van der Waals surface area contributed by atoms with E-state index in [0.717, 1.165) is 17.5 Å². The molecule has 0 aliphatic heterocycles. The van der Waals surface area contributed by atoms with Gasteiger partial charge in [-0.15, -0.1) is 10.2 Å². The Morgan fingerprint density at radius 3 is 2.63 bits per heavy atom. The lowest BCUT2D eigenvalue weighted by molar-refractivity contribution is 0.304. The zero-order valence-electron chi connectivity index (χ0n) is 14.5. The fourth-order valence-corrected chi connectivity index (χ4v) is 3.02. The first-order chi connectivity index (χ1) is 13.2. The molecule has 2 heterocycles. The zero-order chi connectivity index (χ0) is 18.6. The summed E-state index contributed by atoms with van der Waals surface area (Å²) in [5.41, 5.74) is 9.53. The van der Waals surface area contributed by atoms with Crippen molar-refractivity contribution in [2.75, 3.05) is 6.61 Å². The number of halogens is 1. The van der Waals surface area contributed by atoms with Crippen molar-refractivity contribution in [3.05, 3.63) is 77.1 Å². The number of hydrogen-bond donors (Lipinski definition) is 1. The highest BCUT2D eigenvalue weighted by Crippen LogP contribution is 2.24. The number of hydrogen-bond acceptors (Lipinski definition) is 5. The summed E-state index contributed by atoms with van der Waals surface area (Å²) >= 11 is 5.99. The van der Waals surface area contributed by atoms with E-state index in [1.54, 1.807) is 12.4 Å². The maximum atomic E-state index is 6.00. The molecule has 0 radical (unpaired) electrons. The average molecular weight is 380 g/mol. The molecule has 2 N–H and O–H groups in total. The summed E-state index contributed by atoms with van der Waals surface area (Å²) in [6.07, 6.45) is 4.10. The van der Waals surface area contributed by atoms with Gasteiger partial charge in [0.05, 0.1) is 19.0 Å². The van der Waals surface area contributed by atoms with Gasteiger partial charge in [-0.2, -0.15) is 0 Å². The normalized spacial score (nSPS) is 11.0. The van der Waals surface area contributed by atoms with Crippen LogP contribution in [0.1, 0.15) is 11.1 Å². The van der Waals surface area contributed by atoms with Crippen LogP contribution in [-0.2, 0) is 13.0 Å². The van der Waals surface area contributed by atoms with E-state index in [1.165, 1.54) is 5.56 Å². The van der Waals surface area contributed by atoms with Crippen LogP contribution in [0.15, 0.2) is 60.9 Å². The monoisotopic (exact) mass is 379 g/mol. The molecular weight excluding hydrogens is 362 g/mol. The summed E-state index contributed by atoms with van der Waals surface area (Å²) in [6.45, 7) is 1.04. The molecule has 0 fully saturated rings. The SMILES string of the molecule is NCc1cccc(CCOc2cncc3nnc(-c4ccc(Cl)cc4)n23)c1. The smallest absolute Gasteiger partial charge is 0.220 e. The van der Waals surface area contributed by atoms with Gasteiger partial charge in [-0.25, -0.2) is 4.40 Å². The van der Waals surface area contributed by atoms with Gasteiger partial charge in [0.2, 0.25) is 5.88 Å². The Morgan fingerprint density at radius 2 is 1.81 bits per heavy atom. The van der Waals surface area contributed by atoms with E-state index in [1.807, 2.05) is 40.8 Å². The van der Waals surface area contributed by atoms with Gasteiger partial charge in [0.1, 0.15) is 0 Å². The maximum absolute atomic E-state index is 6.00. The molecule has 0 unspecified atom stereocenters. The Bertz CT molecular complexity index is 1060. The van der Waals surface area contributed by atoms with Gasteiger partial charge in [0, 0.05) is 23.6 Å². The molecule has 0 saturated carbocycles. The number of benzene rings is 2. The van der Waals surface area contributed by atoms with Crippen LogP contribution in [0.5, 0.6) is 5.88 Å². The van der Waals surface area contributed by atoms with Gasteiger partial charge >= 0.3 is 0 Å². The van der Waals surface area contributed by atoms with Crippen LogP contribution < -0.4 is 10.5 Å². The van der Waals surface area contributed by atoms with E-state index in [2.05, 4.69) is 27.3 Å². The Kier molecular flexibility index (Phi) is 5.00. The summed E-state index contributed by atoms with van der Waals surface area (Å²) in [4.78, 5) is 4.20. The van der Waals surface area contributed by atoms with Gasteiger partial charge in [-0.3, -0.25) is 4.98 Å². The lowest BCUT2D eigenvalue weighted by atomic mass is 10.1. The second kappa shape index (κ2) is 7.73. The molecule has 6 nitrogen and oxygen atoms in total. The van der Waals surface area contributed by atoms with Gasteiger partial charge in [0.15, 0.2) is 11.5 Å². The van der Waals surface area contributed by atoms with Crippen molar-refractivity contribution >= 4 is 17.2 Å². The number of fused-ring (bicyclic) bond motifs is 1. The quantitative estimate of drug-likeness (QED) is 0.554. The van der Waals surface area contributed by atoms with Crippen molar-refractivity contribution in [3.8, 4) is 17.3 Å². The van der Waals surface area contributed by atoms with Crippen molar-refractivity contribution in [2.24, 2.45) is 5.73 Å². The molecule has 2 aromatic carbocycles. The van der Waals surface area contributed by atoms with E-state index >= 15 is 0 Å². The first-order valence-electron chi connectivity index (χ1n) is 8.60. The average Bonchev–Trinajstić information content (AvgIpc) is 3.14. The molecule has 136 valence electrons. The van der Waals surface area contributed by atoms with Gasteiger partial charge in [-0.1, -0.05) is 35.9 Å². The lowest BCUT2D eigenvalue weighted by Gasteiger charge is -2.10. The van der Waals surface area contributed by atoms with Gasteiger partial charge < -0.3 is 10.5 Å². The third-order valence-corrected chi connectivity index (χ3v) is 4.51. The first-order valence-corrected chi connectivity index (χ1v) is 8.98. The third-order valence-electron chi connectivity index (χ3n) is 4.25. The summed E-state index contributed by atoms with van der Waals surface area (Å²) in [5, 5.41) is 9.14. The molecule has 27 heavy (non-hydrogen) atoms. The van der Waals surface area contributed by atoms with E-state index in [0.29, 0.717) is 35.5 Å². The number of aromatic nitrogens is 4.